The summed E-state index contributed by atoms with van der Waals surface area (Å²) in [4.78, 5) is 12.7. The Balaban J connectivity index is 2.23. The molecule has 0 amide bonds. The Morgan fingerprint density at radius 3 is 2.93 bits per heavy atom. The summed E-state index contributed by atoms with van der Waals surface area (Å²) in [6.07, 6.45) is 4.47. The monoisotopic (exact) mass is 199 g/mol. The van der Waals surface area contributed by atoms with Crippen LogP contribution in [-0.2, 0) is 0 Å². The van der Waals surface area contributed by atoms with Crippen LogP contribution in [0.25, 0.3) is 0 Å². The van der Waals surface area contributed by atoms with E-state index in [4.69, 9.17) is 0 Å². The Kier molecular flexibility index (Phi) is 5.04. The Bertz CT molecular complexity index is 173. The van der Waals surface area contributed by atoms with Gasteiger partial charge in [0.2, 0.25) is 0 Å². The molecule has 1 aliphatic rings. The summed E-state index contributed by atoms with van der Waals surface area (Å²) in [6, 6.07) is 0. The Morgan fingerprint density at radius 1 is 1.50 bits per heavy atom. The maximum atomic E-state index is 10.5. The minimum atomic E-state index is -0.133. The van der Waals surface area contributed by atoms with Gasteiger partial charge in [0.05, 0.1) is 0 Å². The van der Waals surface area contributed by atoms with Crippen LogP contribution in [0.1, 0.15) is 25.7 Å². The Labute approximate surface area is 86.0 Å². The molecule has 4 nitrogen and oxygen atoms in total. The zero-order valence-corrected chi connectivity index (χ0v) is 9.20. The molecule has 0 aromatic heterocycles. The van der Waals surface area contributed by atoms with Gasteiger partial charge in [-0.1, -0.05) is 5.18 Å². The van der Waals surface area contributed by atoms with Crippen LogP contribution in [0.4, 0.5) is 0 Å². The third kappa shape index (κ3) is 3.72. The molecule has 0 aliphatic carbocycles. The largest absolute Gasteiger partial charge is 0.309 e. The van der Waals surface area contributed by atoms with Crippen LogP contribution in [0.3, 0.4) is 0 Å². The molecule has 82 valence electrons. The first kappa shape index (κ1) is 11.6. The van der Waals surface area contributed by atoms with Crippen LogP contribution >= 0.6 is 0 Å². The van der Waals surface area contributed by atoms with Gasteiger partial charge in [0.25, 0.3) is 0 Å². The van der Waals surface area contributed by atoms with Gasteiger partial charge in [-0.3, -0.25) is 5.32 Å². The smallest absolute Gasteiger partial charge is 0.145 e. The molecule has 0 spiro atoms. The average Bonchev–Trinajstić information content (AvgIpc) is 2.18. The summed E-state index contributed by atoms with van der Waals surface area (Å²) in [5.41, 5.74) is 0. The van der Waals surface area contributed by atoms with E-state index in [0.717, 1.165) is 32.4 Å². The normalized spacial score (nSPS) is 27.9. The highest BCUT2D eigenvalue weighted by atomic mass is 16.3. The number of hydrogen-bond donors (Lipinski definition) is 1. The van der Waals surface area contributed by atoms with Crippen molar-refractivity contribution in [3.05, 3.63) is 4.91 Å². The van der Waals surface area contributed by atoms with Gasteiger partial charge < -0.3 is 4.90 Å². The van der Waals surface area contributed by atoms with Gasteiger partial charge in [-0.15, -0.1) is 4.91 Å². The van der Waals surface area contributed by atoms with Gasteiger partial charge in [0.1, 0.15) is 6.17 Å². The zero-order valence-electron chi connectivity index (χ0n) is 9.20. The molecule has 0 unspecified atom stereocenters. The summed E-state index contributed by atoms with van der Waals surface area (Å²) in [6.45, 7) is 2.04. The first-order chi connectivity index (χ1) is 6.74. The Morgan fingerprint density at radius 2 is 2.29 bits per heavy atom. The summed E-state index contributed by atoms with van der Waals surface area (Å²) < 4.78 is 0. The summed E-state index contributed by atoms with van der Waals surface area (Å²) in [5, 5.41) is 6.32. The van der Waals surface area contributed by atoms with Crippen molar-refractivity contribution in [3.8, 4) is 0 Å². The molecular weight excluding hydrogens is 178 g/mol. The van der Waals surface area contributed by atoms with Gasteiger partial charge in [0.15, 0.2) is 0 Å². The molecule has 1 heterocycles. The van der Waals surface area contributed by atoms with Crippen molar-refractivity contribution in [1.82, 2.24) is 10.2 Å². The predicted octanol–water partition coefficient (Wildman–Crippen LogP) is 1.42. The van der Waals surface area contributed by atoms with Gasteiger partial charge in [0, 0.05) is 0 Å². The first-order valence-electron chi connectivity index (χ1n) is 5.44. The fourth-order valence-corrected chi connectivity index (χ4v) is 2.03. The second kappa shape index (κ2) is 6.09. The fraction of sp³-hybridized carbons (Fsp3) is 1.00. The zero-order chi connectivity index (χ0) is 10.4. The molecule has 1 saturated heterocycles. The van der Waals surface area contributed by atoms with E-state index < -0.39 is 0 Å². The molecule has 0 aromatic rings. The van der Waals surface area contributed by atoms with Crippen LogP contribution in [0, 0.1) is 10.8 Å². The van der Waals surface area contributed by atoms with Crippen molar-refractivity contribution in [2.24, 2.45) is 11.1 Å². The summed E-state index contributed by atoms with van der Waals surface area (Å²) in [7, 11) is 4.16. The van der Waals surface area contributed by atoms with E-state index in [1.807, 2.05) is 0 Å². The predicted molar refractivity (Wildman–Crippen MR) is 58.1 cm³/mol. The lowest BCUT2D eigenvalue weighted by atomic mass is 9.91. The minimum absolute atomic E-state index is 0.133. The molecule has 0 radical (unpaired) electrons. The third-order valence-corrected chi connectivity index (χ3v) is 2.85. The van der Waals surface area contributed by atoms with Gasteiger partial charge in [-0.2, -0.15) is 0 Å². The number of nitrogens with one attached hydrogen (secondary N) is 1. The van der Waals surface area contributed by atoms with Crippen molar-refractivity contribution < 1.29 is 0 Å². The molecule has 1 aliphatic heterocycles. The van der Waals surface area contributed by atoms with Crippen molar-refractivity contribution in [2.45, 2.75) is 31.8 Å². The lowest BCUT2D eigenvalue weighted by Crippen LogP contribution is -2.39. The highest BCUT2D eigenvalue weighted by Crippen LogP contribution is 2.22. The van der Waals surface area contributed by atoms with Crippen molar-refractivity contribution >= 4 is 0 Å². The van der Waals surface area contributed by atoms with E-state index in [2.05, 4.69) is 29.5 Å². The highest BCUT2D eigenvalue weighted by molar-refractivity contribution is 4.78. The van der Waals surface area contributed by atoms with Gasteiger partial charge >= 0.3 is 0 Å². The topological polar surface area (TPSA) is 44.7 Å². The van der Waals surface area contributed by atoms with E-state index in [0.29, 0.717) is 5.92 Å². The Hall–Kier alpha value is -0.480. The minimum Gasteiger partial charge on any atom is -0.309 e. The number of piperidine rings is 1. The fourth-order valence-electron chi connectivity index (χ4n) is 2.03. The molecule has 0 saturated carbocycles. The van der Waals surface area contributed by atoms with Crippen LogP contribution in [0.15, 0.2) is 5.18 Å². The molecule has 1 rings (SSSR count). The van der Waals surface area contributed by atoms with Crippen molar-refractivity contribution in [1.29, 1.82) is 0 Å². The van der Waals surface area contributed by atoms with Gasteiger partial charge in [-0.05, 0) is 58.8 Å². The standard InChI is InChI=1S/C10H21N3O/c1-13(2)8-4-6-9-5-3-7-11-10(9)12-14/h9-11H,3-8H2,1-2H3/t9-,10+/m1/s1. The van der Waals surface area contributed by atoms with E-state index in [1.165, 1.54) is 6.42 Å². The molecule has 2 atom stereocenters. The van der Waals surface area contributed by atoms with Crippen LogP contribution in [0.2, 0.25) is 0 Å². The molecule has 1 N–H and O–H groups in total. The average molecular weight is 199 g/mol. The van der Waals surface area contributed by atoms with Crippen molar-refractivity contribution in [3.63, 3.8) is 0 Å². The quantitative estimate of drug-likeness (QED) is 0.681. The maximum Gasteiger partial charge on any atom is 0.145 e. The van der Waals surface area contributed by atoms with Crippen LogP contribution in [0.5, 0.6) is 0 Å². The highest BCUT2D eigenvalue weighted by Gasteiger charge is 2.24. The van der Waals surface area contributed by atoms with Crippen LogP contribution in [-0.4, -0.2) is 38.3 Å². The van der Waals surface area contributed by atoms with Crippen molar-refractivity contribution in [2.75, 3.05) is 27.2 Å². The molecule has 14 heavy (non-hydrogen) atoms. The first-order valence-corrected chi connectivity index (χ1v) is 5.44. The molecule has 4 heteroatoms. The second-order valence-corrected chi connectivity index (χ2v) is 4.35. The maximum absolute atomic E-state index is 10.5. The van der Waals surface area contributed by atoms with E-state index in [9.17, 15) is 4.91 Å². The van der Waals surface area contributed by atoms with Crippen LogP contribution < -0.4 is 5.32 Å². The number of rotatable bonds is 5. The second-order valence-electron chi connectivity index (χ2n) is 4.35. The number of nitrogens with zero attached hydrogens (tertiary/aromatic N) is 2. The molecule has 1 fully saturated rings. The lowest BCUT2D eigenvalue weighted by molar-refractivity contribution is 0.255. The van der Waals surface area contributed by atoms with E-state index in [-0.39, 0.29) is 6.17 Å². The number of hydrogen-bond acceptors (Lipinski definition) is 4. The van der Waals surface area contributed by atoms with E-state index >= 15 is 0 Å². The number of nitroso groups, excluding NO2 is 1. The summed E-state index contributed by atoms with van der Waals surface area (Å²) in [5.74, 6) is 0.459. The van der Waals surface area contributed by atoms with E-state index in [1.54, 1.807) is 0 Å². The molecular formula is C10H21N3O. The third-order valence-electron chi connectivity index (χ3n) is 2.85. The molecule has 0 bridgehead atoms. The lowest BCUT2D eigenvalue weighted by Gasteiger charge is -2.27. The molecule has 0 aromatic carbocycles. The summed E-state index contributed by atoms with van der Waals surface area (Å²) >= 11 is 0. The SMILES string of the molecule is CN(C)CCC[C@H]1CCCN[C@H]1N=O. The van der Waals surface area contributed by atoms with Gasteiger partial charge in [-0.25, -0.2) is 0 Å².